The molecule has 4 rings (SSSR count). The third-order valence-electron chi connectivity index (χ3n) is 5.44. The van der Waals surface area contributed by atoms with Gasteiger partial charge in [-0.15, -0.1) is 0 Å². The maximum Gasteiger partial charge on any atom is 0.222 e. The van der Waals surface area contributed by atoms with Crippen molar-refractivity contribution in [3.63, 3.8) is 0 Å². The van der Waals surface area contributed by atoms with E-state index in [0.29, 0.717) is 18.9 Å². The Labute approximate surface area is 130 Å². The third-order valence-corrected chi connectivity index (χ3v) is 5.44. The molecule has 1 fully saturated rings. The largest absolute Gasteiger partial charge is 0.396 e. The highest BCUT2D eigenvalue weighted by Crippen LogP contribution is 2.44. The fraction of sp³-hybridized carbons (Fsp3) is 0.500. The lowest BCUT2D eigenvalue weighted by atomic mass is 9.72. The maximum atomic E-state index is 12.4. The average Bonchev–Trinajstić information content (AvgIpc) is 2.98. The van der Waals surface area contributed by atoms with Gasteiger partial charge in [-0.2, -0.15) is 0 Å². The van der Waals surface area contributed by atoms with Crippen LogP contribution in [0.2, 0.25) is 0 Å². The first kappa shape index (κ1) is 13.8. The number of rotatable bonds is 2. The highest BCUT2D eigenvalue weighted by molar-refractivity contribution is 5.89. The van der Waals surface area contributed by atoms with Crippen LogP contribution in [0, 0.1) is 5.92 Å². The van der Waals surface area contributed by atoms with E-state index in [0.717, 1.165) is 12.8 Å². The number of H-pyrrole nitrogens is 1. The van der Waals surface area contributed by atoms with Gasteiger partial charge in [0.15, 0.2) is 0 Å². The van der Waals surface area contributed by atoms with Gasteiger partial charge in [-0.3, -0.25) is 4.79 Å². The molecule has 1 aromatic carbocycles. The summed E-state index contributed by atoms with van der Waals surface area (Å²) in [6, 6.07) is 6.65. The van der Waals surface area contributed by atoms with E-state index in [9.17, 15) is 9.90 Å². The third kappa shape index (κ3) is 1.90. The Morgan fingerprint density at radius 3 is 3.09 bits per heavy atom. The molecule has 2 heterocycles. The van der Waals surface area contributed by atoms with Crippen LogP contribution >= 0.6 is 0 Å². The molecule has 116 valence electrons. The summed E-state index contributed by atoms with van der Waals surface area (Å²) >= 11 is 0. The lowest BCUT2D eigenvalue weighted by molar-refractivity contribution is -0.136. The van der Waals surface area contributed by atoms with Crippen LogP contribution in [0.4, 0.5) is 0 Å². The molecular formula is C18H22N2O2. The second kappa shape index (κ2) is 5.13. The zero-order valence-corrected chi connectivity index (χ0v) is 12.9. The molecule has 22 heavy (non-hydrogen) atoms. The monoisotopic (exact) mass is 298 g/mol. The molecule has 0 radical (unpaired) electrons. The van der Waals surface area contributed by atoms with E-state index in [1.165, 1.54) is 22.0 Å². The van der Waals surface area contributed by atoms with Crippen LogP contribution in [-0.2, 0) is 11.2 Å². The number of aliphatic hydroxyl groups excluding tert-OH is 1. The van der Waals surface area contributed by atoms with Gasteiger partial charge in [-0.25, -0.2) is 0 Å². The molecule has 0 bridgehead atoms. The Morgan fingerprint density at radius 2 is 2.32 bits per heavy atom. The molecule has 0 saturated carbocycles. The number of hydrogen-bond donors (Lipinski definition) is 2. The summed E-state index contributed by atoms with van der Waals surface area (Å²) < 4.78 is 0. The molecule has 2 N–H and O–H groups in total. The predicted molar refractivity (Wildman–Crippen MR) is 85.7 cm³/mol. The topological polar surface area (TPSA) is 56.3 Å². The van der Waals surface area contributed by atoms with Crippen molar-refractivity contribution in [3.05, 3.63) is 35.5 Å². The van der Waals surface area contributed by atoms with Crippen LogP contribution in [0.15, 0.2) is 24.4 Å². The molecule has 1 aromatic heterocycles. The molecule has 4 nitrogen and oxygen atoms in total. The lowest BCUT2D eigenvalue weighted by Crippen LogP contribution is -2.53. The second-order valence-electron chi connectivity index (χ2n) is 6.65. The van der Waals surface area contributed by atoms with E-state index >= 15 is 0 Å². The smallest absolute Gasteiger partial charge is 0.222 e. The first-order chi connectivity index (χ1) is 10.7. The number of benzene rings is 1. The number of aromatic nitrogens is 1. The van der Waals surface area contributed by atoms with Crippen LogP contribution in [0.5, 0.6) is 0 Å². The summed E-state index contributed by atoms with van der Waals surface area (Å²) in [6.45, 7) is 2.78. The van der Waals surface area contributed by atoms with Crippen LogP contribution < -0.4 is 0 Å². The Hall–Kier alpha value is -1.81. The molecule has 0 spiro atoms. The van der Waals surface area contributed by atoms with Crippen molar-refractivity contribution in [2.75, 3.05) is 13.2 Å². The minimum absolute atomic E-state index is 0.159. The number of hydrogen-bond acceptors (Lipinski definition) is 2. The van der Waals surface area contributed by atoms with Crippen molar-refractivity contribution in [1.29, 1.82) is 0 Å². The summed E-state index contributed by atoms with van der Waals surface area (Å²) in [4.78, 5) is 17.8. The number of piperidine rings is 1. The van der Waals surface area contributed by atoms with E-state index in [2.05, 4.69) is 29.4 Å². The summed E-state index contributed by atoms with van der Waals surface area (Å²) in [7, 11) is 0. The first-order valence-corrected chi connectivity index (χ1v) is 8.22. The van der Waals surface area contributed by atoms with E-state index < -0.39 is 0 Å². The lowest BCUT2D eigenvalue weighted by Gasteiger charge is -2.46. The predicted octanol–water partition coefficient (Wildman–Crippen LogP) is 2.43. The van der Waals surface area contributed by atoms with Gasteiger partial charge >= 0.3 is 0 Å². The van der Waals surface area contributed by atoms with Crippen LogP contribution in [0.25, 0.3) is 10.9 Å². The Morgan fingerprint density at radius 1 is 1.45 bits per heavy atom. The zero-order valence-electron chi connectivity index (χ0n) is 12.9. The van der Waals surface area contributed by atoms with Crippen LogP contribution in [-0.4, -0.2) is 40.1 Å². The highest BCUT2D eigenvalue weighted by Gasteiger charge is 2.41. The number of fused-ring (bicyclic) bond motifs is 2. The minimum Gasteiger partial charge on any atom is -0.396 e. The number of carbonyl (C=O) groups excluding carboxylic acids is 1. The van der Waals surface area contributed by atoms with Crippen molar-refractivity contribution in [3.8, 4) is 0 Å². The second-order valence-corrected chi connectivity index (χ2v) is 6.65. The van der Waals surface area contributed by atoms with Crippen molar-refractivity contribution < 1.29 is 9.90 Å². The summed E-state index contributed by atoms with van der Waals surface area (Å²) in [5.41, 5.74) is 3.85. The van der Waals surface area contributed by atoms with Gasteiger partial charge in [-0.05, 0) is 30.0 Å². The molecule has 1 aliphatic heterocycles. The fourth-order valence-corrected chi connectivity index (χ4v) is 4.41. The number of likely N-dealkylation sites (tertiary alicyclic amines) is 1. The number of aromatic amines is 1. The molecule has 1 amide bonds. The van der Waals surface area contributed by atoms with E-state index in [-0.39, 0.29) is 24.5 Å². The average molecular weight is 298 g/mol. The molecule has 2 aromatic rings. The SMILES string of the molecule is CCC(=O)N1CC(CO)CC2c3cccc4[nH]cc(c34)C[C@H]21. The molecule has 1 saturated heterocycles. The van der Waals surface area contributed by atoms with E-state index in [4.69, 9.17) is 0 Å². The highest BCUT2D eigenvalue weighted by atomic mass is 16.3. The molecule has 3 atom stereocenters. The van der Waals surface area contributed by atoms with Crippen LogP contribution in [0.1, 0.15) is 36.8 Å². The fourth-order valence-electron chi connectivity index (χ4n) is 4.41. The first-order valence-electron chi connectivity index (χ1n) is 8.22. The van der Waals surface area contributed by atoms with Crippen LogP contribution in [0.3, 0.4) is 0 Å². The zero-order chi connectivity index (χ0) is 15.3. The molecule has 2 unspecified atom stereocenters. The molecular weight excluding hydrogens is 276 g/mol. The van der Waals surface area contributed by atoms with Gasteiger partial charge in [0.25, 0.3) is 0 Å². The van der Waals surface area contributed by atoms with Gasteiger partial charge in [0.1, 0.15) is 0 Å². The van der Waals surface area contributed by atoms with Gasteiger partial charge in [0, 0.05) is 54.5 Å². The van der Waals surface area contributed by atoms with Gasteiger partial charge < -0.3 is 15.0 Å². The Balaban J connectivity index is 1.82. The van der Waals surface area contributed by atoms with Crippen molar-refractivity contribution in [1.82, 2.24) is 9.88 Å². The number of nitrogens with zero attached hydrogens (tertiary/aromatic N) is 1. The minimum atomic E-state index is 0.159. The molecule has 4 heteroatoms. The van der Waals surface area contributed by atoms with Crippen molar-refractivity contribution in [2.45, 2.75) is 38.1 Å². The summed E-state index contributed by atoms with van der Waals surface area (Å²) in [5, 5.41) is 11.0. The quantitative estimate of drug-likeness (QED) is 0.894. The standard InChI is InChI=1S/C18H22N2O2/c1-2-17(22)20-9-11(10-21)6-14-13-4-3-5-15-18(13)12(8-19-15)7-16(14)20/h3-5,8,11,14,16,19,21H,2,6-7,9-10H2,1H3/t11?,14?,16-/m1/s1. The molecule has 1 aliphatic carbocycles. The normalized spacial score (nSPS) is 27.0. The summed E-state index contributed by atoms with van der Waals surface area (Å²) in [6.07, 6.45) is 4.52. The van der Waals surface area contributed by atoms with Gasteiger partial charge in [0.05, 0.1) is 0 Å². The maximum absolute atomic E-state index is 12.4. The Kier molecular flexibility index (Phi) is 3.22. The van der Waals surface area contributed by atoms with E-state index in [1.807, 2.05) is 11.8 Å². The number of carbonyl (C=O) groups is 1. The van der Waals surface area contributed by atoms with Gasteiger partial charge in [-0.1, -0.05) is 19.1 Å². The molecule has 2 aliphatic rings. The number of nitrogens with one attached hydrogen (secondary N) is 1. The Bertz CT molecular complexity index is 721. The van der Waals surface area contributed by atoms with E-state index in [1.54, 1.807) is 0 Å². The summed E-state index contributed by atoms with van der Waals surface area (Å²) in [5.74, 6) is 0.736. The van der Waals surface area contributed by atoms with Gasteiger partial charge in [0.2, 0.25) is 5.91 Å². The number of amides is 1. The van der Waals surface area contributed by atoms with Crippen molar-refractivity contribution >= 4 is 16.8 Å². The number of aliphatic hydroxyl groups is 1. The van der Waals surface area contributed by atoms with Crippen molar-refractivity contribution in [2.24, 2.45) is 5.92 Å².